The summed E-state index contributed by atoms with van der Waals surface area (Å²) in [6.07, 6.45) is 0.535. The minimum Gasteiger partial charge on any atom is -0.491 e. The minimum atomic E-state index is -1.11. The molecule has 0 saturated carbocycles. The quantitative estimate of drug-likeness (QED) is 0.512. The maximum Gasteiger partial charge on any atom is 0.412 e. The predicted molar refractivity (Wildman–Crippen MR) is 96.9 cm³/mol. The number of amides is 1. The number of hydrogen-bond acceptors (Lipinski definition) is 4. The van der Waals surface area contributed by atoms with E-state index in [0.717, 1.165) is 10.9 Å². The number of nitro benzene ring substituents is 1. The van der Waals surface area contributed by atoms with Crippen LogP contribution in [0.3, 0.4) is 0 Å². The first-order chi connectivity index (χ1) is 12.5. The van der Waals surface area contributed by atoms with Gasteiger partial charge in [-0.1, -0.05) is 24.3 Å². The number of nitro groups is 1. The molecule has 0 aliphatic heterocycles. The van der Waals surface area contributed by atoms with Gasteiger partial charge in [-0.2, -0.15) is 0 Å². The molecule has 1 unspecified atom stereocenters. The molecule has 26 heavy (non-hydrogen) atoms. The summed E-state index contributed by atoms with van der Waals surface area (Å²) in [5.41, 5.74) is 1.28. The Balaban J connectivity index is 1.80. The molecule has 1 aromatic heterocycles. The maximum absolute atomic E-state index is 11.8. The van der Waals surface area contributed by atoms with Crippen LogP contribution in [0, 0.1) is 10.1 Å². The first-order valence-electron chi connectivity index (χ1n) is 7.93. The molecule has 1 amide bonds. The van der Waals surface area contributed by atoms with E-state index in [9.17, 15) is 20.0 Å². The van der Waals surface area contributed by atoms with Gasteiger partial charge in [-0.3, -0.25) is 15.0 Å². The lowest BCUT2D eigenvalue weighted by Gasteiger charge is -2.26. The molecule has 2 N–H and O–H groups in total. The molecule has 3 aromatic rings. The van der Waals surface area contributed by atoms with Crippen LogP contribution in [0.5, 0.6) is 5.75 Å². The monoisotopic (exact) mass is 355 g/mol. The van der Waals surface area contributed by atoms with Crippen molar-refractivity contribution in [2.24, 2.45) is 0 Å². The maximum atomic E-state index is 11.8. The minimum absolute atomic E-state index is 0.0486. The van der Waals surface area contributed by atoms with Crippen LogP contribution in [-0.4, -0.2) is 33.8 Å². The van der Waals surface area contributed by atoms with Crippen LogP contribution < -0.4 is 9.64 Å². The van der Waals surface area contributed by atoms with Gasteiger partial charge in [0.1, 0.15) is 12.4 Å². The normalized spacial score (nSPS) is 11.9. The first kappa shape index (κ1) is 17.3. The van der Waals surface area contributed by atoms with Gasteiger partial charge in [-0.05, 0) is 19.1 Å². The number of nitrogens with one attached hydrogen (secondary N) is 1. The third-order valence-corrected chi connectivity index (χ3v) is 3.99. The summed E-state index contributed by atoms with van der Waals surface area (Å²) in [5, 5.41) is 21.3. The van der Waals surface area contributed by atoms with Gasteiger partial charge >= 0.3 is 6.09 Å². The van der Waals surface area contributed by atoms with E-state index >= 15 is 0 Å². The van der Waals surface area contributed by atoms with Crippen LogP contribution >= 0.6 is 0 Å². The Morgan fingerprint density at radius 3 is 2.81 bits per heavy atom. The number of aromatic nitrogens is 1. The Morgan fingerprint density at radius 1 is 1.31 bits per heavy atom. The smallest absolute Gasteiger partial charge is 0.412 e. The highest BCUT2D eigenvalue weighted by Crippen LogP contribution is 2.28. The lowest BCUT2D eigenvalue weighted by atomic mass is 10.2. The highest BCUT2D eigenvalue weighted by Gasteiger charge is 2.24. The van der Waals surface area contributed by atoms with E-state index in [1.165, 1.54) is 23.1 Å². The Hall–Kier alpha value is -3.55. The number of carbonyl (C=O) groups is 1. The molecule has 8 nitrogen and oxygen atoms in total. The Labute approximate surface area is 148 Å². The van der Waals surface area contributed by atoms with E-state index in [0.29, 0.717) is 11.4 Å². The fourth-order valence-electron chi connectivity index (χ4n) is 2.76. The summed E-state index contributed by atoms with van der Waals surface area (Å²) in [5.74, 6) is 0.315. The third-order valence-electron chi connectivity index (χ3n) is 3.99. The molecule has 0 saturated heterocycles. The fourth-order valence-corrected chi connectivity index (χ4v) is 2.76. The molecule has 1 atom stereocenters. The molecule has 3 rings (SSSR count). The second kappa shape index (κ2) is 7.14. The molecule has 0 radical (unpaired) electrons. The number of fused-ring (bicyclic) bond motifs is 1. The summed E-state index contributed by atoms with van der Waals surface area (Å²) >= 11 is 0. The largest absolute Gasteiger partial charge is 0.491 e. The number of benzene rings is 2. The summed E-state index contributed by atoms with van der Waals surface area (Å²) in [6, 6.07) is 12.7. The third kappa shape index (κ3) is 3.44. The van der Waals surface area contributed by atoms with E-state index in [-0.39, 0.29) is 12.3 Å². The van der Waals surface area contributed by atoms with Gasteiger partial charge in [0, 0.05) is 23.2 Å². The van der Waals surface area contributed by atoms with Crippen molar-refractivity contribution in [3.63, 3.8) is 0 Å². The Morgan fingerprint density at radius 2 is 2.08 bits per heavy atom. The number of anilines is 1. The van der Waals surface area contributed by atoms with Crippen molar-refractivity contribution in [2.75, 3.05) is 11.5 Å². The zero-order chi connectivity index (χ0) is 18.7. The van der Waals surface area contributed by atoms with Gasteiger partial charge in [-0.25, -0.2) is 4.79 Å². The lowest BCUT2D eigenvalue weighted by molar-refractivity contribution is -0.384. The van der Waals surface area contributed by atoms with Crippen molar-refractivity contribution in [1.29, 1.82) is 0 Å². The fraction of sp³-hybridized carbons (Fsp3) is 0.167. The van der Waals surface area contributed by atoms with Crippen molar-refractivity contribution in [3.05, 3.63) is 64.8 Å². The van der Waals surface area contributed by atoms with Gasteiger partial charge in [0.15, 0.2) is 0 Å². The van der Waals surface area contributed by atoms with Gasteiger partial charge in [0.05, 0.1) is 22.7 Å². The number of nitrogens with zero attached hydrogens (tertiary/aromatic N) is 2. The van der Waals surface area contributed by atoms with Crippen molar-refractivity contribution < 1.29 is 19.6 Å². The number of aromatic amines is 1. The van der Waals surface area contributed by atoms with Crippen molar-refractivity contribution in [3.8, 4) is 5.75 Å². The second-order valence-corrected chi connectivity index (χ2v) is 5.79. The van der Waals surface area contributed by atoms with Crippen LogP contribution in [-0.2, 0) is 0 Å². The standard InChI is InChI=1S/C18H17N3O5/c1-12(11-26-14-6-4-5-13(9-14)21(24)25)20(18(22)23)17-10-19-16-8-3-2-7-15(16)17/h2-10,12,19H,11H2,1H3,(H,22,23). The summed E-state index contributed by atoms with van der Waals surface area (Å²) in [4.78, 5) is 26.4. The van der Waals surface area contributed by atoms with Crippen LogP contribution in [0.1, 0.15) is 6.92 Å². The number of para-hydroxylation sites is 1. The molecule has 8 heteroatoms. The van der Waals surface area contributed by atoms with Crippen LogP contribution in [0.15, 0.2) is 54.7 Å². The topological polar surface area (TPSA) is 109 Å². The zero-order valence-electron chi connectivity index (χ0n) is 14.0. The number of H-pyrrole nitrogens is 1. The van der Waals surface area contributed by atoms with Crippen LogP contribution in [0.4, 0.5) is 16.2 Å². The number of ether oxygens (including phenoxy) is 1. The van der Waals surface area contributed by atoms with E-state index in [2.05, 4.69) is 4.98 Å². The molecule has 1 heterocycles. The number of hydrogen-bond donors (Lipinski definition) is 2. The van der Waals surface area contributed by atoms with Gasteiger partial charge in [0.25, 0.3) is 5.69 Å². The van der Waals surface area contributed by atoms with Crippen molar-refractivity contribution >= 4 is 28.4 Å². The molecule has 2 aromatic carbocycles. The predicted octanol–water partition coefficient (Wildman–Crippen LogP) is 4.03. The Kier molecular flexibility index (Phi) is 4.74. The van der Waals surface area contributed by atoms with E-state index in [4.69, 9.17) is 4.74 Å². The molecular weight excluding hydrogens is 338 g/mol. The van der Waals surface area contributed by atoms with Crippen LogP contribution in [0.25, 0.3) is 10.9 Å². The number of non-ortho nitro benzene ring substituents is 1. The molecule has 0 aliphatic carbocycles. The van der Waals surface area contributed by atoms with Gasteiger partial charge < -0.3 is 14.8 Å². The van der Waals surface area contributed by atoms with E-state index in [1.807, 2.05) is 24.3 Å². The highest BCUT2D eigenvalue weighted by molar-refractivity contribution is 6.00. The van der Waals surface area contributed by atoms with E-state index < -0.39 is 17.1 Å². The van der Waals surface area contributed by atoms with Crippen LogP contribution in [0.2, 0.25) is 0 Å². The van der Waals surface area contributed by atoms with Gasteiger partial charge in [-0.15, -0.1) is 0 Å². The zero-order valence-corrected chi connectivity index (χ0v) is 14.0. The summed E-state index contributed by atoms with van der Waals surface area (Å²) in [7, 11) is 0. The first-order valence-corrected chi connectivity index (χ1v) is 7.93. The lowest BCUT2D eigenvalue weighted by Crippen LogP contribution is -2.41. The molecule has 0 spiro atoms. The van der Waals surface area contributed by atoms with Gasteiger partial charge in [0.2, 0.25) is 0 Å². The molecule has 0 aliphatic rings. The Bertz CT molecular complexity index is 953. The van der Waals surface area contributed by atoms with Crippen molar-refractivity contribution in [1.82, 2.24) is 4.98 Å². The van der Waals surface area contributed by atoms with Crippen molar-refractivity contribution in [2.45, 2.75) is 13.0 Å². The van der Waals surface area contributed by atoms with E-state index in [1.54, 1.807) is 19.2 Å². The molecule has 134 valence electrons. The molecular formula is C18H17N3O5. The number of rotatable bonds is 6. The SMILES string of the molecule is CC(COc1cccc([N+](=O)[O-])c1)N(C(=O)O)c1c[nH]c2ccccc12. The summed E-state index contributed by atoms with van der Waals surface area (Å²) < 4.78 is 5.58. The summed E-state index contributed by atoms with van der Waals surface area (Å²) in [6.45, 7) is 1.76. The molecule has 0 bridgehead atoms. The highest BCUT2D eigenvalue weighted by atomic mass is 16.6. The average Bonchev–Trinajstić information content (AvgIpc) is 3.04. The molecule has 0 fully saturated rings. The second-order valence-electron chi connectivity index (χ2n) is 5.79. The number of carboxylic acid groups (broad SMARTS) is 1. The average molecular weight is 355 g/mol.